The molecule has 0 aliphatic carbocycles. The van der Waals surface area contributed by atoms with E-state index in [1.807, 2.05) is 27.7 Å². The molecule has 1 atom stereocenters. The fraction of sp³-hybridized carbons (Fsp3) is 0.688. The van der Waals surface area contributed by atoms with Crippen LogP contribution < -0.4 is 0 Å². The maximum Gasteiger partial charge on any atom is 0.311 e. The van der Waals surface area contributed by atoms with Gasteiger partial charge in [0.15, 0.2) is 0 Å². The van der Waals surface area contributed by atoms with Gasteiger partial charge in [-0.15, -0.1) is 11.3 Å². The number of hydrogen-bond acceptors (Lipinski definition) is 5. The van der Waals surface area contributed by atoms with Crippen LogP contribution in [0.5, 0.6) is 0 Å². The molecule has 0 spiro atoms. The molecule has 5 nitrogen and oxygen atoms in total. The molecule has 0 aromatic carbocycles. The number of hydrogen-bond donors (Lipinski definition) is 0. The molecule has 0 saturated carbocycles. The number of esters is 1. The molecular formula is C16H24N2O3S. The van der Waals surface area contributed by atoms with Crippen LogP contribution in [0.4, 0.5) is 0 Å². The summed E-state index contributed by atoms with van der Waals surface area (Å²) in [7, 11) is 0. The summed E-state index contributed by atoms with van der Waals surface area (Å²) in [5.74, 6) is -0.323. The maximum absolute atomic E-state index is 12.3. The van der Waals surface area contributed by atoms with Crippen molar-refractivity contribution in [2.45, 2.75) is 47.1 Å². The minimum atomic E-state index is -0.411. The number of nitrogens with zero attached hydrogens (tertiary/aromatic N) is 2. The highest BCUT2D eigenvalue weighted by Gasteiger charge is 2.34. The van der Waals surface area contributed by atoms with Crippen LogP contribution in [-0.2, 0) is 20.9 Å². The lowest BCUT2D eigenvalue weighted by atomic mass is 9.91. The second kappa shape index (κ2) is 6.77. The standard InChI is InChI=1S/C16H24N2O3S/c1-11-13(22-10-17-11)9-21-14(19)12-6-5-7-18(8-12)15(20)16(2,3)4/h10,12H,5-9H2,1-4H3/t12-/m0/s1. The summed E-state index contributed by atoms with van der Waals surface area (Å²) >= 11 is 1.49. The van der Waals surface area contributed by atoms with E-state index in [0.717, 1.165) is 30.0 Å². The average molecular weight is 324 g/mol. The van der Waals surface area contributed by atoms with Gasteiger partial charge in [0, 0.05) is 18.5 Å². The predicted octanol–water partition coefficient (Wildman–Crippen LogP) is 2.78. The lowest BCUT2D eigenvalue weighted by molar-refractivity contribution is -0.154. The number of thiazole rings is 1. The smallest absolute Gasteiger partial charge is 0.311 e. The molecule has 1 fully saturated rings. The van der Waals surface area contributed by atoms with E-state index >= 15 is 0 Å². The van der Waals surface area contributed by atoms with Gasteiger partial charge >= 0.3 is 5.97 Å². The normalized spacial score (nSPS) is 19.1. The fourth-order valence-corrected chi connectivity index (χ4v) is 3.24. The van der Waals surface area contributed by atoms with E-state index in [9.17, 15) is 9.59 Å². The molecule has 2 rings (SSSR count). The topological polar surface area (TPSA) is 59.5 Å². The number of rotatable bonds is 3. The van der Waals surface area contributed by atoms with Crippen molar-refractivity contribution in [1.82, 2.24) is 9.88 Å². The van der Waals surface area contributed by atoms with Gasteiger partial charge in [0.25, 0.3) is 0 Å². The van der Waals surface area contributed by atoms with Crippen molar-refractivity contribution in [2.24, 2.45) is 11.3 Å². The number of aryl methyl sites for hydroxylation is 1. The molecule has 1 aromatic rings. The van der Waals surface area contributed by atoms with Gasteiger partial charge in [-0.2, -0.15) is 0 Å². The molecule has 1 aliphatic rings. The van der Waals surface area contributed by atoms with Crippen LogP contribution in [-0.4, -0.2) is 34.8 Å². The number of likely N-dealkylation sites (tertiary alicyclic amines) is 1. The van der Waals surface area contributed by atoms with Crippen LogP contribution >= 0.6 is 11.3 Å². The Kier molecular flexibility index (Phi) is 5.21. The number of carbonyl (C=O) groups excluding carboxylic acids is 2. The first-order chi connectivity index (χ1) is 10.3. The monoisotopic (exact) mass is 324 g/mol. The zero-order valence-corrected chi connectivity index (χ0v) is 14.5. The second-order valence-electron chi connectivity index (χ2n) is 6.81. The van der Waals surface area contributed by atoms with Crippen molar-refractivity contribution in [3.63, 3.8) is 0 Å². The Morgan fingerprint density at radius 2 is 2.18 bits per heavy atom. The lowest BCUT2D eigenvalue weighted by Crippen LogP contribution is -2.47. The molecule has 1 saturated heterocycles. The van der Waals surface area contributed by atoms with Crippen molar-refractivity contribution in [1.29, 1.82) is 0 Å². The van der Waals surface area contributed by atoms with Crippen molar-refractivity contribution < 1.29 is 14.3 Å². The first kappa shape index (κ1) is 16.9. The second-order valence-corrected chi connectivity index (χ2v) is 7.75. The van der Waals surface area contributed by atoms with Crippen molar-refractivity contribution in [2.75, 3.05) is 13.1 Å². The van der Waals surface area contributed by atoms with Gasteiger partial charge in [-0.05, 0) is 19.8 Å². The van der Waals surface area contributed by atoms with Gasteiger partial charge in [-0.25, -0.2) is 4.98 Å². The van der Waals surface area contributed by atoms with Gasteiger partial charge in [0.1, 0.15) is 6.61 Å². The number of ether oxygens (including phenoxy) is 1. The van der Waals surface area contributed by atoms with E-state index in [1.165, 1.54) is 11.3 Å². The minimum absolute atomic E-state index is 0.100. The molecule has 1 amide bonds. The third kappa shape index (κ3) is 4.06. The molecule has 1 aliphatic heterocycles. The van der Waals surface area contributed by atoms with E-state index in [4.69, 9.17) is 4.74 Å². The molecule has 0 bridgehead atoms. The highest BCUT2D eigenvalue weighted by molar-refractivity contribution is 7.09. The molecule has 0 radical (unpaired) electrons. The quantitative estimate of drug-likeness (QED) is 0.802. The van der Waals surface area contributed by atoms with Gasteiger partial charge in [-0.3, -0.25) is 9.59 Å². The highest BCUT2D eigenvalue weighted by atomic mass is 32.1. The van der Waals surface area contributed by atoms with Crippen molar-refractivity contribution in [3.05, 3.63) is 16.1 Å². The van der Waals surface area contributed by atoms with Gasteiger partial charge < -0.3 is 9.64 Å². The third-order valence-corrected chi connectivity index (χ3v) is 4.78. The molecule has 1 aromatic heterocycles. The van der Waals surface area contributed by atoms with Crippen LogP contribution in [0.2, 0.25) is 0 Å². The molecule has 6 heteroatoms. The van der Waals surface area contributed by atoms with E-state index in [0.29, 0.717) is 6.54 Å². The number of carbonyl (C=O) groups is 2. The molecule has 0 N–H and O–H groups in total. The Bertz CT molecular complexity index is 548. The Balaban J connectivity index is 1.90. The zero-order valence-electron chi connectivity index (χ0n) is 13.7. The van der Waals surface area contributed by atoms with Crippen molar-refractivity contribution in [3.8, 4) is 0 Å². The largest absolute Gasteiger partial charge is 0.460 e. The van der Waals surface area contributed by atoms with E-state index in [-0.39, 0.29) is 24.4 Å². The van der Waals surface area contributed by atoms with Crippen LogP contribution in [0.25, 0.3) is 0 Å². The first-order valence-electron chi connectivity index (χ1n) is 7.64. The SMILES string of the molecule is Cc1ncsc1COC(=O)[C@H]1CCCN(C(=O)C(C)(C)C)C1. The molecule has 22 heavy (non-hydrogen) atoms. The maximum atomic E-state index is 12.3. The summed E-state index contributed by atoms with van der Waals surface area (Å²) in [6, 6.07) is 0. The third-order valence-electron chi connectivity index (χ3n) is 3.87. The first-order valence-corrected chi connectivity index (χ1v) is 8.52. The number of piperidine rings is 1. The summed E-state index contributed by atoms with van der Waals surface area (Å²) < 4.78 is 5.41. The van der Waals surface area contributed by atoms with Crippen LogP contribution in [0.3, 0.4) is 0 Å². The molecule has 122 valence electrons. The lowest BCUT2D eigenvalue weighted by Gasteiger charge is -2.35. The minimum Gasteiger partial charge on any atom is -0.460 e. The van der Waals surface area contributed by atoms with E-state index < -0.39 is 5.41 Å². The summed E-state index contributed by atoms with van der Waals surface area (Å²) in [6.07, 6.45) is 1.63. The van der Waals surface area contributed by atoms with Gasteiger partial charge in [-0.1, -0.05) is 20.8 Å². The summed E-state index contributed by atoms with van der Waals surface area (Å²) in [6.45, 7) is 9.10. The Morgan fingerprint density at radius 3 is 2.77 bits per heavy atom. The van der Waals surface area contributed by atoms with Crippen LogP contribution in [0, 0.1) is 18.3 Å². The zero-order chi connectivity index (χ0) is 16.3. The summed E-state index contributed by atoms with van der Waals surface area (Å²) in [5, 5.41) is 0. The van der Waals surface area contributed by atoms with Crippen molar-refractivity contribution >= 4 is 23.2 Å². The van der Waals surface area contributed by atoms with E-state index in [2.05, 4.69) is 4.98 Å². The Hall–Kier alpha value is -1.43. The van der Waals surface area contributed by atoms with Gasteiger partial charge in [0.05, 0.1) is 22.0 Å². The summed E-state index contributed by atoms with van der Waals surface area (Å²) in [4.78, 5) is 31.5. The van der Waals surface area contributed by atoms with Gasteiger partial charge in [0.2, 0.25) is 5.91 Å². The highest BCUT2D eigenvalue weighted by Crippen LogP contribution is 2.24. The molecule has 0 unspecified atom stereocenters. The predicted molar refractivity (Wildman–Crippen MR) is 85.4 cm³/mol. The van der Waals surface area contributed by atoms with Crippen LogP contribution in [0.15, 0.2) is 5.51 Å². The fourth-order valence-electron chi connectivity index (χ4n) is 2.55. The van der Waals surface area contributed by atoms with E-state index in [1.54, 1.807) is 10.4 Å². The molecule has 2 heterocycles. The average Bonchev–Trinajstić information content (AvgIpc) is 2.88. The molecular weight excluding hydrogens is 300 g/mol. The Labute approximate surface area is 135 Å². The Morgan fingerprint density at radius 1 is 1.45 bits per heavy atom. The number of aromatic nitrogens is 1. The number of amides is 1. The van der Waals surface area contributed by atoms with Crippen LogP contribution in [0.1, 0.15) is 44.2 Å². The summed E-state index contributed by atoms with van der Waals surface area (Å²) in [5.41, 5.74) is 2.25.